The molecule has 0 spiro atoms. The summed E-state index contributed by atoms with van der Waals surface area (Å²) in [6, 6.07) is 0.988. The third-order valence-corrected chi connectivity index (χ3v) is 3.83. The van der Waals surface area contributed by atoms with Crippen LogP contribution < -0.4 is 16.6 Å². The first kappa shape index (κ1) is 12.6. The van der Waals surface area contributed by atoms with Crippen LogP contribution in [0.4, 0.5) is 0 Å². The molecule has 0 bridgehead atoms. The Hall–Kier alpha value is -0.810. The lowest BCUT2D eigenvalue weighted by atomic mass is 10.1. The van der Waals surface area contributed by atoms with Crippen molar-refractivity contribution in [3.8, 4) is 0 Å². The minimum atomic E-state index is 0.422. The predicted octanol–water partition coefficient (Wildman–Crippen LogP) is 0.432. The Balaban J connectivity index is 1.83. The Kier molecular flexibility index (Phi) is 4.62. The van der Waals surface area contributed by atoms with Crippen LogP contribution in [-0.2, 0) is 0 Å². The zero-order valence-corrected chi connectivity index (χ0v) is 10.8. The summed E-state index contributed by atoms with van der Waals surface area (Å²) >= 11 is 0. The van der Waals surface area contributed by atoms with E-state index in [-0.39, 0.29) is 0 Å². The molecule has 5 heteroatoms. The van der Waals surface area contributed by atoms with Crippen molar-refractivity contribution in [3.05, 3.63) is 0 Å². The normalized spacial score (nSPS) is 25.2. The highest BCUT2D eigenvalue weighted by Gasteiger charge is 2.19. The monoisotopic (exact) mass is 239 g/mol. The summed E-state index contributed by atoms with van der Waals surface area (Å²) in [5.74, 6) is 6.33. The highest BCUT2D eigenvalue weighted by molar-refractivity contribution is 5.79. The Labute approximate surface area is 104 Å². The van der Waals surface area contributed by atoms with Crippen molar-refractivity contribution in [2.45, 2.75) is 50.6 Å². The van der Waals surface area contributed by atoms with Gasteiger partial charge >= 0.3 is 0 Å². The van der Waals surface area contributed by atoms with Crippen molar-refractivity contribution in [3.63, 3.8) is 0 Å². The predicted molar refractivity (Wildman–Crippen MR) is 70.7 cm³/mol. The third-order valence-electron chi connectivity index (χ3n) is 3.83. The fraction of sp³-hybridized carbons (Fsp3) is 0.917. The van der Waals surface area contributed by atoms with Gasteiger partial charge in [-0.05, 0) is 45.8 Å². The van der Waals surface area contributed by atoms with Crippen LogP contribution in [0.25, 0.3) is 0 Å². The molecule has 4 N–H and O–H groups in total. The maximum absolute atomic E-state index is 5.54. The van der Waals surface area contributed by atoms with E-state index in [9.17, 15) is 0 Å². The first-order valence-corrected chi connectivity index (χ1v) is 6.77. The number of guanidine groups is 1. The van der Waals surface area contributed by atoms with Gasteiger partial charge in [0, 0.05) is 6.04 Å². The van der Waals surface area contributed by atoms with Gasteiger partial charge in [-0.25, -0.2) is 10.8 Å². The lowest BCUT2D eigenvalue weighted by Crippen LogP contribution is -2.46. The van der Waals surface area contributed by atoms with E-state index >= 15 is 0 Å². The van der Waals surface area contributed by atoms with Crippen LogP contribution >= 0.6 is 0 Å². The van der Waals surface area contributed by atoms with Gasteiger partial charge in [0.25, 0.3) is 0 Å². The minimum absolute atomic E-state index is 0.422. The molecule has 0 aromatic rings. The van der Waals surface area contributed by atoms with Gasteiger partial charge < -0.3 is 10.2 Å². The topological polar surface area (TPSA) is 65.7 Å². The Bertz CT molecular complexity index is 252. The second kappa shape index (κ2) is 6.21. The number of hydrogen-bond acceptors (Lipinski definition) is 3. The average Bonchev–Trinajstić information content (AvgIpc) is 2.84. The average molecular weight is 239 g/mol. The highest BCUT2D eigenvalue weighted by Crippen LogP contribution is 2.17. The van der Waals surface area contributed by atoms with Crippen LogP contribution in [0.3, 0.4) is 0 Å². The van der Waals surface area contributed by atoms with Gasteiger partial charge in [0.2, 0.25) is 5.96 Å². The number of nitrogens with one attached hydrogen (secondary N) is 2. The number of rotatable bonds is 2. The second-order valence-corrected chi connectivity index (χ2v) is 5.28. The van der Waals surface area contributed by atoms with Gasteiger partial charge in [0.05, 0.1) is 6.04 Å². The zero-order valence-electron chi connectivity index (χ0n) is 10.8. The lowest BCUT2D eigenvalue weighted by molar-refractivity contribution is 0.256. The number of hydrogen-bond donors (Lipinski definition) is 3. The molecule has 0 aromatic carbocycles. The van der Waals surface area contributed by atoms with Gasteiger partial charge in [-0.2, -0.15) is 0 Å². The van der Waals surface area contributed by atoms with E-state index in [1.807, 2.05) is 0 Å². The molecule has 98 valence electrons. The number of nitrogens with two attached hydrogens (primary N) is 1. The second-order valence-electron chi connectivity index (χ2n) is 5.28. The molecule has 5 nitrogen and oxygen atoms in total. The zero-order chi connectivity index (χ0) is 12.1. The summed E-state index contributed by atoms with van der Waals surface area (Å²) < 4.78 is 0. The number of likely N-dealkylation sites (tertiary alicyclic amines) is 1. The Morgan fingerprint density at radius 3 is 2.41 bits per heavy atom. The van der Waals surface area contributed by atoms with E-state index in [2.05, 4.69) is 22.7 Å². The summed E-state index contributed by atoms with van der Waals surface area (Å²) in [5, 5.41) is 3.42. The van der Waals surface area contributed by atoms with Crippen LogP contribution in [-0.4, -0.2) is 43.1 Å². The van der Waals surface area contributed by atoms with Crippen molar-refractivity contribution in [1.29, 1.82) is 0 Å². The molecule has 0 radical (unpaired) electrons. The van der Waals surface area contributed by atoms with Crippen LogP contribution in [0.1, 0.15) is 38.5 Å². The van der Waals surface area contributed by atoms with E-state index in [0.29, 0.717) is 12.1 Å². The van der Waals surface area contributed by atoms with Crippen molar-refractivity contribution < 1.29 is 0 Å². The smallest absolute Gasteiger partial charge is 0.206 e. The molecule has 1 heterocycles. The maximum Gasteiger partial charge on any atom is 0.206 e. The fourth-order valence-electron chi connectivity index (χ4n) is 2.69. The van der Waals surface area contributed by atoms with Crippen LogP contribution in [0.15, 0.2) is 4.99 Å². The van der Waals surface area contributed by atoms with Gasteiger partial charge in [-0.3, -0.25) is 5.43 Å². The van der Waals surface area contributed by atoms with Crippen molar-refractivity contribution >= 4 is 5.96 Å². The Morgan fingerprint density at radius 2 is 1.82 bits per heavy atom. The van der Waals surface area contributed by atoms with Gasteiger partial charge in [0.1, 0.15) is 0 Å². The minimum Gasteiger partial charge on any atom is -0.353 e. The highest BCUT2D eigenvalue weighted by atomic mass is 15.3. The van der Waals surface area contributed by atoms with Gasteiger partial charge in [-0.1, -0.05) is 12.8 Å². The summed E-state index contributed by atoms with van der Waals surface area (Å²) in [6.45, 7) is 2.27. The molecular formula is C12H25N5. The molecule has 2 rings (SSSR count). The number of aliphatic imine (C=N–C) groups is 1. The van der Waals surface area contributed by atoms with Crippen molar-refractivity contribution in [2.24, 2.45) is 10.8 Å². The molecule has 17 heavy (non-hydrogen) atoms. The van der Waals surface area contributed by atoms with E-state index in [4.69, 9.17) is 10.8 Å². The van der Waals surface area contributed by atoms with Crippen molar-refractivity contribution in [1.82, 2.24) is 15.6 Å². The SMILES string of the molecule is CN1CCC(N=C(NN)NC2CCCC2)CC1. The van der Waals surface area contributed by atoms with Crippen LogP contribution in [0.2, 0.25) is 0 Å². The molecule has 2 aliphatic rings. The Morgan fingerprint density at radius 1 is 1.18 bits per heavy atom. The molecular weight excluding hydrogens is 214 g/mol. The van der Waals surface area contributed by atoms with Crippen LogP contribution in [0, 0.1) is 0 Å². The number of piperidine rings is 1. The first-order valence-electron chi connectivity index (χ1n) is 6.77. The molecule has 1 saturated carbocycles. The number of nitrogens with zero attached hydrogens (tertiary/aromatic N) is 2. The largest absolute Gasteiger partial charge is 0.353 e. The molecule has 1 aliphatic heterocycles. The standard InChI is InChI=1S/C12H25N5/c1-17-8-6-11(7-9-17)15-12(16-13)14-10-4-2-3-5-10/h10-11H,2-9,13H2,1H3,(H2,14,15,16). The quantitative estimate of drug-likeness (QED) is 0.283. The third kappa shape index (κ3) is 3.85. The van der Waals surface area contributed by atoms with Crippen LogP contribution in [0.5, 0.6) is 0 Å². The van der Waals surface area contributed by atoms with E-state index in [1.54, 1.807) is 0 Å². The first-order chi connectivity index (χ1) is 8.28. The number of hydrazine groups is 1. The molecule has 2 fully saturated rings. The molecule has 0 amide bonds. The summed E-state index contributed by atoms with van der Waals surface area (Å²) in [7, 11) is 2.17. The van der Waals surface area contributed by atoms with Crippen molar-refractivity contribution in [2.75, 3.05) is 20.1 Å². The molecule has 1 saturated heterocycles. The molecule has 0 unspecified atom stereocenters. The maximum atomic E-state index is 5.54. The molecule has 1 aliphatic carbocycles. The molecule has 0 aromatic heterocycles. The van der Waals surface area contributed by atoms with E-state index < -0.39 is 0 Å². The summed E-state index contributed by atoms with van der Waals surface area (Å²) in [4.78, 5) is 7.05. The molecule has 0 atom stereocenters. The summed E-state index contributed by atoms with van der Waals surface area (Å²) in [5.41, 5.74) is 2.71. The van der Waals surface area contributed by atoms with E-state index in [1.165, 1.54) is 25.7 Å². The summed E-state index contributed by atoms with van der Waals surface area (Å²) in [6.07, 6.45) is 7.40. The van der Waals surface area contributed by atoms with E-state index in [0.717, 1.165) is 31.9 Å². The fourth-order valence-corrected chi connectivity index (χ4v) is 2.69. The van der Waals surface area contributed by atoms with Gasteiger partial charge in [0.15, 0.2) is 0 Å². The lowest BCUT2D eigenvalue weighted by Gasteiger charge is -2.27. The van der Waals surface area contributed by atoms with Gasteiger partial charge in [-0.15, -0.1) is 0 Å².